The van der Waals surface area contributed by atoms with Crippen molar-refractivity contribution < 1.29 is 5.11 Å². The molecule has 0 aromatic heterocycles. The van der Waals surface area contributed by atoms with Gasteiger partial charge in [-0.15, -0.1) is 0 Å². The third-order valence-corrected chi connectivity index (χ3v) is 1.11. The van der Waals surface area contributed by atoms with E-state index in [9.17, 15) is 0 Å². The lowest BCUT2D eigenvalue weighted by molar-refractivity contribution is 0.337. The minimum absolute atomic E-state index is 0.119. The van der Waals surface area contributed by atoms with Crippen LogP contribution in [0.25, 0.3) is 0 Å². The molecule has 2 heteroatoms. The average molecular weight is 111 g/mol. The van der Waals surface area contributed by atoms with Crippen molar-refractivity contribution in [2.45, 2.75) is 13.0 Å². The zero-order valence-corrected chi connectivity index (χ0v) is 4.83. The molecule has 1 heterocycles. The molecule has 0 unspecified atom stereocenters. The van der Waals surface area contributed by atoms with Crippen molar-refractivity contribution in [1.29, 1.82) is 0 Å². The second-order valence-corrected chi connectivity index (χ2v) is 1.92. The van der Waals surface area contributed by atoms with Crippen molar-refractivity contribution in [3.8, 4) is 0 Å². The van der Waals surface area contributed by atoms with Crippen LogP contribution in [0.15, 0.2) is 16.6 Å². The summed E-state index contributed by atoms with van der Waals surface area (Å²) in [4.78, 5) is 4.01. The highest BCUT2D eigenvalue weighted by Crippen LogP contribution is 2.04. The van der Waals surface area contributed by atoms with E-state index in [1.165, 1.54) is 0 Å². The first-order valence-corrected chi connectivity index (χ1v) is 2.67. The van der Waals surface area contributed by atoms with Crippen LogP contribution in [-0.4, -0.2) is 24.0 Å². The van der Waals surface area contributed by atoms with Crippen molar-refractivity contribution in [1.82, 2.24) is 0 Å². The van der Waals surface area contributed by atoms with Crippen LogP contribution in [0.3, 0.4) is 0 Å². The first kappa shape index (κ1) is 5.51. The Kier molecular flexibility index (Phi) is 1.44. The van der Waals surface area contributed by atoms with Gasteiger partial charge in [0.15, 0.2) is 0 Å². The Balaban J connectivity index is 2.58. The Morgan fingerprint density at radius 2 is 2.62 bits per heavy atom. The lowest BCUT2D eigenvalue weighted by Crippen LogP contribution is -1.87. The highest BCUT2D eigenvalue weighted by atomic mass is 16.3. The summed E-state index contributed by atoms with van der Waals surface area (Å²) in [7, 11) is 0. The van der Waals surface area contributed by atoms with Crippen LogP contribution in [0, 0.1) is 0 Å². The van der Waals surface area contributed by atoms with E-state index in [-0.39, 0.29) is 12.6 Å². The minimum Gasteiger partial charge on any atom is -0.392 e. The van der Waals surface area contributed by atoms with E-state index >= 15 is 0 Å². The van der Waals surface area contributed by atoms with Crippen LogP contribution in [0.1, 0.15) is 6.92 Å². The highest BCUT2D eigenvalue weighted by Gasteiger charge is 2.01. The fraction of sp³-hybridized carbons (Fsp3) is 0.500. The van der Waals surface area contributed by atoms with Gasteiger partial charge in [-0.1, -0.05) is 6.08 Å². The summed E-state index contributed by atoms with van der Waals surface area (Å²) in [5.41, 5.74) is 0.928. The van der Waals surface area contributed by atoms with E-state index in [0.717, 1.165) is 5.57 Å². The fourth-order valence-electron chi connectivity index (χ4n) is 0.703. The molecule has 0 aromatic carbocycles. The predicted octanol–water partition coefficient (Wildman–Crippen LogP) is 0.378. The molecule has 0 radical (unpaired) electrons. The number of aliphatic imine (C=N–C) groups is 1. The molecule has 0 amide bonds. The first-order valence-electron chi connectivity index (χ1n) is 2.67. The van der Waals surface area contributed by atoms with E-state index in [1.807, 2.05) is 13.0 Å². The lowest BCUT2D eigenvalue weighted by Gasteiger charge is -1.87. The molecule has 8 heavy (non-hydrogen) atoms. The molecule has 0 aliphatic carbocycles. The monoisotopic (exact) mass is 111 g/mol. The second-order valence-electron chi connectivity index (χ2n) is 1.92. The second kappa shape index (κ2) is 2.09. The first-order chi connectivity index (χ1) is 3.83. The Morgan fingerprint density at radius 1 is 1.88 bits per heavy atom. The van der Waals surface area contributed by atoms with Crippen LogP contribution >= 0.6 is 0 Å². The summed E-state index contributed by atoms with van der Waals surface area (Å²) in [5.74, 6) is 0. The lowest BCUT2D eigenvalue weighted by atomic mass is 10.2. The zero-order chi connectivity index (χ0) is 5.98. The average Bonchev–Trinajstić information content (AvgIpc) is 2.14. The number of rotatable bonds is 1. The standard InChI is InChI=1S/C6H9NO/c1-5-2-6(4-8)3-7-5/h2-3,5,8H,4H2,1H3/t5-/m1/s1. The van der Waals surface area contributed by atoms with E-state index in [0.29, 0.717) is 0 Å². The number of aliphatic hydroxyl groups is 1. The molecule has 0 saturated carbocycles. The van der Waals surface area contributed by atoms with Crippen LogP contribution < -0.4 is 0 Å². The zero-order valence-electron chi connectivity index (χ0n) is 4.83. The van der Waals surface area contributed by atoms with Gasteiger partial charge in [0.1, 0.15) is 0 Å². The maximum atomic E-state index is 8.52. The summed E-state index contributed by atoms with van der Waals surface area (Å²) < 4.78 is 0. The SMILES string of the molecule is C[C@@H]1C=C(CO)C=N1. The summed E-state index contributed by atoms with van der Waals surface area (Å²) in [6.45, 7) is 2.10. The van der Waals surface area contributed by atoms with Crippen LogP contribution in [0.2, 0.25) is 0 Å². The maximum Gasteiger partial charge on any atom is 0.0694 e. The van der Waals surface area contributed by atoms with Crippen LogP contribution in [0.4, 0.5) is 0 Å². The molecule has 1 aliphatic heterocycles. The van der Waals surface area contributed by atoms with Crippen molar-refractivity contribution in [2.75, 3.05) is 6.61 Å². The van der Waals surface area contributed by atoms with Gasteiger partial charge in [0.2, 0.25) is 0 Å². The Morgan fingerprint density at radius 3 is 2.88 bits per heavy atom. The van der Waals surface area contributed by atoms with Gasteiger partial charge in [-0.05, 0) is 12.5 Å². The Labute approximate surface area is 48.6 Å². The molecule has 1 rings (SSSR count). The fourth-order valence-corrected chi connectivity index (χ4v) is 0.703. The number of hydrogen-bond acceptors (Lipinski definition) is 2. The van der Waals surface area contributed by atoms with E-state index < -0.39 is 0 Å². The normalized spacial score (nSPS) is 26.2. The smallest absolute Gasteiger partial charge is 0.0694 e. The summed E-state index contributed by atoms with van der Waals surface area (Å²) in [5, 5.41) is 8.52. The van der Waals surface area contributed by atoms with Gasteiger partial charge in [0.05, 0.1) is 12.6 Å². The van der Waals surface area contributed by atoms with Gasteiger partial charge in [-0.3, -0.25) is 4.99 Å². The van der Waals surface area contributed by atoms with Crippen molar-refractivity contribution >= 4 is 6.21 Å². The summed E-state index contributed by atoms with van der Waals surface area (Å²) in [6, 6.07) is 0.275. The summed E-state index contributed by atoms with van der Waals surface area (Å²) in [6.07, 6.45) is 3.66. The summed E-state index contributed by atoms with van der Waals surface area (Å²) >= 11 is 0. The predicted molar refractivity (Wildman–Crippen MR) is 33.1 cm³/mol. The molecule has 0 saturated heterocycles. The molecular weight excluding hydrogens is 102 g/mol. The largest absolute Gasteiger partial charge is 0.392 e. The van der Waals surface area contributed by atoms with Crippen molar-refractivity contribution in [3.05, 3.63) is 11.6 Å². The number of nitrogens with zero attached hydrogens (tertiary/aromatic N) is 1. The molecule has 1 atom stereocenters. The maximum absolute atomic E-state index is 8.52. The van der Waals surface area contributed by atoms with Gasteiger partial charge in [-0.2, -0.15) is 0 Å². The highest BCUT2D eigenvalue weighted by molar-refractivity contribution is 5.81. The van der Waals surface area contributed by atoms with Crippen molar-refractivity contribution in [3.63, 3.8) is 0 Å². The molecule has 1 aliphatic rings. The molecule has 0 bridgehead atoms. The molecule has 44 valence electrons. The number of hydrogen-bond donors (Lipinski definition) is 1. The topological polar surface area (TPSA) is 32.6 Å². The van der Waals surface area contributed by atoms with Crippen molar-refractivity contribution in [2.24, 2.45) is 4.99 Å². The van der Waals surface area contributed by atoms with E-state index in [4.69, 9.17) is 5.11 Å². The van der Waals surface area contributed by atoms with Gasteiger partial charge < -0.3 is 5.11 Å². The van der Waals surface area contributed by atoms with Gasteiger partial charge in [0, 0.05) is 6.21 Å². The molecule has 0 fully saturated rings. The Hall–Kier alpha value is -0.630. The van der Waals surface area contributed by atoms with E-state index in [2.05, 4.69) is 4.99 Å². The van der Waals surface area contributed by atoms with Crippen LogP contribution in [0.5, 0.6) is 0 Å². The van der Waals surface area contributed by atoms with Gasteiger partial charge >= 0.3 is 0 Å². The third-order valence-electron chi connectivity index (χ3n) is 1.11. The molecule has 2 nitrogen and oxygen atoms in total. The van der Waals surface area contributed by atoms with Gasteiger partial charge in [0.25, 0.3) is 0 Å². The quantitative estimate of drug-likeness (QED) is 0.521. The number of aliphatic hydroxyl groups excluding tert-OH is 1. The molecule has 1 N–H and O–H groups in total. The minimum atomic E-state index is 0.119. The third kappa shape index (κ3) is 0.954. The molecular formula is C6H9NO. The van der Waals surface area contributed by atoms with E-state index in [1.54, 1.807) is 6.21 Å². The molecule has 0 aromatic rings. The van der Waals surface area contributed by atoms with Gasteiger partial charge in [-0.25, -0.2) is 0 Å². The Bertz CT molecular complexity index is 137. The molecule has 0 spiro atoms. The van der Waals surface area contributed by atoms with Crippen LogP contribution in [-0.2, 0) is 0 Å².